The Morgan fingerprint density at radius 1 is 1.24 bits per heavy atom. The summed E-state index contributed by atoms with van der Waals surface area (Å²) >= 11 is 5.58. The first kappa shape index (κ1) is 14.4. The van der Waals surface area contributed by atoms with E-state index in [0.717, 1.165) is 18.5 Å². The van der Waals surface area contributed by atoms with Crippen LogP contribution in [0, 0.1) is 11.6 Å². The van der Waals surface area contributed by atoms with E-state index < -0.39 is 11.6 Å². The standard InChI is InChI=1S/C13H18ClF2N/c1-13(2,9-17-7-3-6-14)10-4-5-11(15)12(16)8-10/h4-5,8,17H,3,6-7,9H2,1-2H3. The van der Waals surface area contributed by atoms with Crippen LogP contribution in [0.3, 0.4) is 0 Å². The monoisotopic (exact) mass is 261 g/mol. The summed E-state index contributed by atoms with van der Waals surface area (Å²) < 4.78 is 26.0. The summed E-state index contributed by atoms with van der Waals surface area (Å²) in [4.78, 5) is 0. The first-order chi connectivity index (χ1) is 7.97. The number of alkyl halides is 1. The van der Waals surface area contributed by atoms with Crippen LogP contribution in [0.2, 0.25) is 0 Å². The third-order valence-electron chi connectivity index (χ3n) is 2.76. The first-order valence-electron chi connectivity index (χ1n) is 5.69. The highest BCUT2D eigenvalue weighted by atomic mass is 35.5. The molecule has 0 aliphatic heterocycles. The van der Waals surface area contributed by atoms with E-state index in [0.29, 0.717) is 12.4 Å². The van der Waals surface area contributed by atoms with E-state index in [1.165, 1.54) is 12.1 Å². The summed E-state index contributed by atoms with van der Waals surface area (Å²) in [6.45, 7) is 5.52. The molecule has 0 aliphatic carbocycles. The van der Waals surface area contributed by atoms with Gasteiger partial charge in [-0.2, -0.15) is 0 Å². The lowest BCUT2D eigenvalue weighted by atomic mass is 9.84. The zero-order valence-corrected chi connectivity index (χ0v) is 11.0. The van der Waals surface area contributed by atoms with Crippen molar-refractivity contribution in [2.75, 3.05) is 19.0 Å². The van der Waals surface area contributed by atoms with Crippen molar-refractivity contribution in [2.24, 2.45) is 0 Å². The minimum Gasteiger partial charge on any atom is -0.316 e. The molecule has 96 valence electrons. The number of hydrogen-bond acceptors (Lipinski definition) is 1. The summed E-state index contributed by atoms with van der Waals surface area (Å²) in [7, 11) is 0. The van der Waals surface area contributed by atoms with Gasteiger partial charge in [-0.15, -0.1) is 11.6 Å². The van der Waals surface area contributed by atoms with Crippen molar-refractivity contribution in [3.05, 3.63) is 35.4 Å². The molecule has 0 heterocycles. The van der Waals surface area contributed by atoms with Crippen LogP contribution in [0.5, 0.6) is 0 Å². The van der Waals surface area contributed by atoms with Crippen LogP contribution in [-0.2, 0) is 5.41 Å². The summed E-state index contributed by atoms with van der Waals surface area (Å²) in [5, 5.41) is 3.26. The second-order valence-electron chi connectivity index (χ2n) is 4.73. The Bertz CT molecular complexity index is 366. The van der Waals surface area contributed by atoms with Gasteiger partial charge >= 0.3 is 0 Å². The van der Waals surface area contributed by atoms with E-state index in [4.69, 9.17) is 11.6 Å². The number of rotatable bonds is 6. The molecule has 0 bridgehead atoms. The third-order valence-corrected chi connectivity index (χ3v) is 3.02. The molecule has 0 unspecified atom stereocenters. The summed E-state index contributed by atoms with van der Waals surface area (Å²) in [5.74, 6) is -0.977. The van der Waals surface area contributed by atoms with Crippen LogP contribution >= 0.6 is 11.6 Å². The molecule has 1 aromatic rings. The van der Waals surface area contributed by atoms with Crippen LogP contribution in [-0.4, -0.2) is 19.0 Å². The Morgan fingerprint density at radius 2 is 1.94 bits per heavy atom. The van der Waals surface area contributed by atoms with Crippen LogP contribution in [0.4, 0.5) is 8.78 Å². The van der Waals surface area contributed by atoms with Gasteiger partial charge < -0.3 is 5.32 Å². The molecular formula is C13H18ClF2N. The van der Waals surface area contributed by atoms with Crippen molar-refractivity contribution >= 4 is 11.6 Å². The zero-order valence-electron chi connectivity index (χ0n) is 10.2. The van der Waals surface area contributed by atoms with Crippen LogP contribution in [0.25, 0.3) is 0 Å². The molecule has 0 saturated carbocycles. The van der Waals surface area contributed by atoms with Crippen molar-refractivity contribution in [3.8, 4) is 0 Å². The maximum Gasteiger partial charge on any atom is 0.159 e. The lowest BCUT2D eigenvalue weighted by Crippen LogP contribution is -2.33. The molecule has 0 atom stereocenters. The summed E-state index contributed by atoms with van der Waals surface area (Å²) in [6, 6.07) is 4.06. The Hall–Kier alpha value is -0.670. The summed E-state index contributed by atoms with van der Waals surface area (Å²) in [5.41, 5.74) is 0.552. The quantitative estimate of drug-likeness (QED) is 0.611. The minimum absolute atomic E-state index is 0.235. The molecule has 1 N–H and O–H groups in total. The number of benzene rings is 1. The number of halogens is 3. The van der Waals surface area contributed by atoms with Crippen molar-refractivity contribution in [1.29, 1.82) is 0 Å². The minimum atomic E-state index is -0.806. The second-order valence-corrected chi connectivity index (χ2v) is 5.11. The van der Waals surface area contributed by atoms with E-state index in [-0.39, 0.29) is 5.41 Å². The molecule has 0 fully saturated rings. The molecule has 17 heavy (non-hydrogen) atoms. The predicted molar refractivity (Wildman–Crippen MR) is 67.6 cm³/mol. The van der Waals surface area contributed by atoms with Crippen molar-refractivity contribution in [1.82, 2.24) is 5.32 Å². The van der Waals surface area contributed by atoms with Gasteiger partial charge in [0.1, 0.15) is 0 Å². The summed E-state index contributed by atoms with van der Waals surface area (Å²) in [6.07, 6.45) is 0.898. The zero-order chi connectivity index (χ0) is 12.9. The highest BCUT2D eigenvalue weighted by molar-refractivity contribution is 6.17. The smallest absolute Gasteiger partial charge is 0.159 e. The lowest BCUT2D eigenvalue weighted by molar-refractivity contribution is 0.458. The van der Waals surface area contributed by atoms with E-state index in [1.807, 2.05) is 13.8 Å². The van der Waals surface area contributed by atoms with Gasteiger partial charge in [0, 0.05) is 17.8 Å². The average Bonchev–Trinajstić information content (AvgIpc) is 2.28. The molecule has 1 rings (SSSR count). The highest BCUT2D eigenvalue weighted by Gasteiger charge is 2.21. The Labute approximate surface area is 106 Å². The van der Waals surface area contributed by atoms with E-state index in [9.17, 15) is 8.78 Å². The molecule has 0 saturated heterocycles. The second kappa shape index (κ2) is 6.31. The topological polar surface area (TPSA) is 12.0 Å². The molecule has 0 spiro atoms. The van der Waals surface area contributed by atoms with Crippen molar-refractivity contribution in [3.63, 3.8) is 0 Å². The molecular weight excluding hydrogens is 244 g/mol. The van der Waals surface area contributed by atoms with Gasteiger partial charge in [0.05, 0.1) is 0 Å². The van der Waals surface area contributed by atoms with Crippen molar-refractivity contribution in [2.45, 2.75) is 25.7 Å². The Balaban J connectivity index is 2.64. The molecule has 0 aromatic heterocycles. The predicted octanol–water partition coefficient (Wildman–Crippen LogP) is 3.46. The lowest BCUT2D eigenvalue weighted by Gasteiger charge is -2.26. The first-order valence-corrected chi connectivity index (χ1v) is 6.23. The van der Waals surface area contributed by atoms with Gasteiger partial charge in [-0.05, 0) is 30.7 Å². The Kier molecular flexibility index (Phi) is 5.34. The molecule has 1 aromatic carbocycles. The Morgan fingerprint density at radius 3 is 2.53 bits per heavy atom. The molecule has 1 nitrogen and oxygen atoms in total. The van der Waals surface area contributed by atoms with Crippen LogP contribution < -0.4 is 5.32 Å². The number of hydrogen-bond donors (Lipinski definition) is 1. The van der Waals surface area contributed by atoms with E-state index in [2.05, 4.69) is 5.32 Å². The van der Waals surface area contributed by atoms with Gasteiger partial charge in [0.2, 0.25) is 0 Å². The van der Waals surface area contributed by atoms with Gasteiger partial charge in [-0.25, -0.2) is 8.78 Å². The SMILES string of the molecule is CC(C)(CNCCCCl)c1ccc(F)c(F)c1. The van der Waals surface area contributed by atoms with Gasteiger partial charge in [-0.3, -0.25) is 0 Å². The largest absolute Gasteiger partial charge is 0.316 e. The van der Waals surface area contributed by atoms with E-state index in [1.54, 1.807) is 6.07 Å². The molecule has 0 amide bonds. The fourth-order valence-electron chi connectivity index (χ4n) is 1.61. The van der Waals surface area contributed by atoms with Gasteiger partial charge in [0.15, 0.2) is 11.6 Å². The fraction of sp³-hybridized carbons (Fsp3) is 0.538. The van der Waals surface area contributed by atoms with Gasteiger partial charge in [-0.1, -0.05) is 19.9 Å². The van der Waals surface area contributed by atoms with E-state index >= 15 is 0 Å². The average molecular weight is 262 g/mol. The highest BCUT2D eigenvalue weighted by Crippen LogP contribution is 2.23. The maximum atomic E-state index is 13.1. The maximum absolute atomic E-state index is 13.1. The fourth-order valence-corrected chi connectivity index (χ4v) is 1.75. The van der Waals surface area contributed by atoms with Gasteiger partial charge in [0.25, 0.3) is 0 Å². The molecule has 0 aliphatic rings. The number of nitrogens with one attached hydrogen (secondary N) is 1. The van der Waals surface area contributed by atoms with Crippen molar-refractivity contribution < 1.29 is 8.78 Å². The molecule has 0 radical (unpaired) electrons. The van der Waals surface area contributed by atoms with Crippen LogP contribution in [0.15, 0.2) is 18.2 Å². The van der Waals surface area contributed by atoms with Crippen LogP contribution in [0.1, 0.15) is 25.8 Å². The molecule has 4 heteroatoms. The third kappa shape index (κ3) is 4.25. The normalized spacial score (nSPS) is 11.8.